The quantitative estimate of drug-likeness (QED) is 0.427. The van der Waals surface area contributed by atoms with E-state index in [-0.39, 0.29) is 13.2 Å². The fourth-order valence-corrected chi connectivity index (χ4v) is 1.17. The van der Waals surface area contributed by atoms with Gasteiger partial charge in [0.1, 0.15) is 6.04 Å². The molecule has 8 heteroatoms. The number of carbonyl (C=O) groups is 3. The Bertz CT molecular complexity index is 294. The van der Waals surface area contributed by atoms with Gasteiger partial charge in [-0.05, 0) is 6.92 Å². The first-order valence-electron chi connectivity index (χ1n) is 5.09. The molecule has 0 aromatic rings. The van der Waals surface area contributed by atoms with E-state index in [4.69, 9.17) is 15.9 Å². The summed E-state index contributed by atoms with van der Waals surface area (Å²) in [6.45, 7) is 1.86. The number of aliphatic carboxylic acids is 1. The summed E-state index contributed by atoms with van der Waals surface area (Å²) in [5, 5.41) is 19.6. The lowest BCUT2D eigenvalue weighted by Crippen LogP contribution is -2.49. The van der Waals surface area contributed by atoms with E-state index in [0.717, 1.165) is 0 Å². The number of primary amides is 1. The van der Waals surface area contributed by atoms with Crippen LogP contribution in [0.5, 0.6) is 0 Å². The molecule has 0 aliphatic heterocycles. The zero-order valence-electron chi connectivity index (χ0n) is 9.55. The smallest absolute Gasteiger partial charge is 0.326 e. The minimum Gasteiger partial charge on any atom is -0.480 e. The Morgan fingerprint density at radius 2 is 2.00 bits per heavy atom. The second-order valence-electron chi connectivity index (χ2n) is 3.31. The van der Waals surface area contributed by atoms with Gasteiger partial charge in [-0.15, -0.1) is 0 Å². The van der Waals surface area contributed by atoms with Crippen LogP contribution in [0.15, 0.2) is 0 Å². The van der Waals surface area contributed by atoms with Crippen molar-refractivity contribution in [2.45, 2.75) is 19.4 Å². The van der Waals surface area contributed by atoms with Crippen molar-refractivity contribution in [1.82, 2.24) is 10.2 Å². The Kier molecular flexibility index (Phi) is 6.64. The monoisotopic (exact) mass is 247 g/mol. The summed E-state index contributed by atoms with van der Waals surface area (Å²) in [4.78, 5) is 34.1. The lowest BCUT2D eigenvalue weighted by Gasteiger charge is -2.22. The van der Waals surface area contributed by atoms with Crippen LogP contribution in [0, 0.1) is 0 Å². The van der Waals surface area contributed by atoms with E-state index in [2.05, 4.69) is 5.32 Å². The van der Waals surface area contributed by atoms with Gasteiger partial charge in [-0.2, -0.15) is 0 Å². The summed E-state index contributed by atoms with van der Waals surface area (Å²) in [7, 11) is 0. The molecule has 0 rings (SSSR count). The van der Waals surface area contributed by atoms with Crippen LogP contribution in [0.2, 0.25) is 0 Å². The van der Waals surface area contributed by atoms with Gasteiger partial charge in [0.15, 0.2) is 0 Å². The molecular weight excluding hydrogens is 230 g/mol. The number of carbonyl (C=O) groups excluding carboxylic acids is 2. The highest BCUT2D eigenvalue weighted by Crippen LogP contribution is 1.95. The third-order valence-electron chi connectivity index (χ3n) is 2.04. The van der Waals surface area contributed by atoms with Crippen molar-refractivity contribution < 1.29 is 24.6 Å². The molecule has 0 saturated carbocycles. The molecular formula is C9H17N3O5. The molecule has 0 aliphatic rings. The van der Waals surface area contributed by atoms with Crippen molar-refractivity contribution in [3.05, 3.63) is 0 Å². The Balaban J connectivity index is 4.47. The van der Waals surface area contributed by atoms with Gasteiger partial charge in [0.25, 0.3) is 0 Å². The summed E-state index contributed by atoms with van der Waals surface area (Å²) in [6.07, 6.45) is -0.474. The van der Waals surface area contributed by atoms with Gasteiger partial charge in [0, 0.05) is 13.1 Å². The molecule has 0 bridgehead atoms. The predicted molar refractivity (Wildman–Crippen MR) is 58.1 cm³/mol. The maximum absolute atomic E-state index is 11.5. The van der Waals surface area contributed by atoms with Gasteiger partial charge in [-0.25, -0.2) is 9.59 Å². The molecule has 8 nitrogen and oxygen atoms in total. The number of nitrogens with one attached hydrogen (secondary N) is 1. The number of aliphatic hydroxyl groups excluding tert-OH is 1. The van der Waals surface area contributed by atoms with Crippen molar-refractivity contribution in [1.29, 1.82) is 0 Å². The Morgan fingerprint density at radius 3 is 2.35 bits per heavy atom. The first-order valence-corrected chi connectivity index (χ1v) is 5.09. The number of nitrogens with zero attached hydrogens (tertiary/aromatic N) is 1. The molecule has 0 aromatic carbocycles. The molecule has 0 aromatic heterocycles. The molecule has 0 radical (unpaired) electrons. The number of carboxylic acid groups (broad SMARTS) is 1. The van der Waals surface area contributed by atoms with Crippen LogP contribution >= 0.6 is 0 Å². The minimum absolute atomic E-state index is 0.0885. The van der Waals surface area contributed by atoms with Crippen LogP contribution < -0.4 is 11.1 Å². The lowest BCUT2D eigenvalue weighted by molar-refractivity contribution is -0.140. The number of likely N-dealkylation sites (N-methyl/N-ethyl adjacent to an activating group) is 1. The fraction of sp³-hybridized carbons (Fsp3) is 0.667. The minimum atomic E-state index is -1.35. The van der Waals surface area contributed by atoms with E-state index in [9.17, 15) is 14.4 Å². The van der Waals surface area contributed by atoms with Crippen LogP contribution in [0.1, 0.15) is 13.3 Å². The first kappa shape index (κ1) is 15.2. The Labute approximate surface area is 98.4 Å². The zero-order chi connectivity index (χ0) is 13.4. The first-order chi connectivity index (χ1) is 7.92. The van der Waals surface area contributed by atoms with Gasteiger partial charge in [0.05, 0.1) is 13.0 Å². The number of hydrogen-bond donors (Lipinski definition) is 4. The van der Waals surface area contributed by atoms with Crippen molar-refractivity contribution in [2.24, 2.45) is 5.73 Å². The third kappa shape index (κ3) is 5.71. The summed E-state index contributed by atoms with van der Waals surface area (Å²) in [5.74, 6) is -2.15. The van der Waals surface area contributed by atoms with Gasteiger partial charge in [0.2, 0.25) is 5.91 Å². The molecule has 0 aliphatic carbocycles. The van der Waals surface area contributed by atoms with E-state index in [1.807, 2.05) is 0 Å². The fourth-order valence-electron chi connectivity index (χ4n) is 1.17. The van der Waals surface area contributed by atoms with Crippen LogP contribution in [0.25, 0.3) is 0 Å². The average Bonchev–Trinajstić information content (AvgIpc) is 2.23. The highest BCUT2D eigenvalue weighted by atomic mass is 16.4. The summed E-state index contributed by atoms with van der Waals surface area (Å²) in [5.41, 5.74) is 4.87. The molecule has 98 valence electrons. The van der Waals surface area contributed by atoms with E-state index in [1.165, 1.54) is 4.90 Å². The number of amides is 3. The van der Waals surface area contributed by atoms with Crippen LogP contribution in [-0.2, 0) is 9.59 Å². The molecule has 5 N–H and O–H groups in total. The Hall–Kier alpha value is -1.83. The number of carboxylic acids is 1. The van der Waals surface area contributed by atoms with Crippen LogP contribution in [0.3, 0.4) is 0 Å². The highest BCUT2D eigenvalue weighted by molar-refractivity contribution is 5.87. The maximum atomic E-state index is 11.5. The van der Waals surface area contributed by atoms with Crippen LogP contribution in [0.4, 0.5) is 4.79 Å². The summed E-state index contributed by atoms with van der Waals surface area (Å²) >= 11 is 0. The largest absolute Gasteiger partial charge is 0.480 e. The topological polar surface area (TPSA) is 133 Å². The molecule has 17 heavy (non-hydrogen) atoms. The van der Waals surface area contributed by atoms with E-state index < -0.39 is 30.4 Å². The lowest BCUT2D eigenvalue weighted by atomic mass is 10.2. The van der Waals surface area contributed by atoms with E-state index >= 15 is 0 Å². The van der Waals surface area contributed by atoms with Crippen LogP contribution in [-0.4, -0.2) is 58.8 Å². The third-order valence-corrected chi connectivity index (χ3v) is 2.04. The van der Waals surface area contributed by atoms with Gasteiger partial charge in [-0.3, -0.25) is 4.79 Å². The number of aliphatic hydroxyl groups is 1. The van der Waals surface area contributed by atoms with E-state index in [0.29, 0.717) is 6.54 Å². The zero-order valence-corrected chi connectivity index (χ0v) is 9.55. The number of urea groups is 1. The van der Waals surface area contributed by atoms with Crippen molar-refractivity contribution in [2.75, 3.05) is 19.7 Å². The molecule has 1 unspecified atom stereocenters. The standard InChI is InChI=1S/C9H17N3O5/c1-2-12(3-4-13)9(17)11-6(8(15)16)5-7(10)14/h6,13H,2-5H2,1H3,(H2,10,14)(H,11,17)(H,15,16). The summed E-state index contributed by atoms with van der Waals surface area (Å²) < 4.78 is 0. The maximum Gasteiger partial charge on any atom is 0.326 e. The molecule has 1 atom stereocenters. The number of hydrogen-bond acceptors (Lipinski definition) is 4. The SMILES string of the molecule is CCN(CCO)C(=O)NC(CC(N)=O)C(=O)O. The molecule has 0 spiro atoms. The molecule has 0 fully saturated rings. The predicted octanol–water partition coefficient (Wildman–Crippen LogP) is -1.66. The summed E-state index contributed by atoms with van der Waals surface area (Å²) in [6, 6.07) is -2.01. The van der Waals surface area contributed by atoms with Crippen molar-refractivity contribution in [3.8, 4) is 0 Å². The van der Waals surface area contributed by atoms with Crippen molar-refractivity contribution in [3.63, 3.8) is 0 Å². The average molecular weight is 247 g/mol. The highest BCUT2D eigenvalue weighted by Gasteiger charge is 2.24. The van der Waals surface area contributed by atoms with Gasteiger partial charge < -0.3 is 26.2 Å². The second-order valence-corrected chi connectivity index (χ2v) is 3.31. The Morgan fingerprint density at radius 1 is 1.41 bits per heavy atom. The number of rotatable bonds is 7. The van der Waals surface area contributed by atoms with E-state index in [1.54, 1.807) is 6.92 Å². The normalized spacial score (nSPS) is 11.6. The van der Waals surface area contributed by atoms with Crippen molar-refractivity contribution >= 4 is 17.9 Å². The molecule has 3 amide bonds. The molecule has 0 heterocycles. The number of nitrogens with two attached hydrogens (primary N) is 1. The molecule has 0 saturated heterocycles. The van der Waals surface area contributed by atoms with Gasteiger partial charge in [-0.1, -0.05) is 0 Å². The second kappa shape index (κ2) is 7.44. The van der Waals surface area contributed by atoms with Gasteiger partial charge >= 0.3 is 12.0 Å².